The number of benzene rings is 1. The van der Waals surface area contributed by atoms with Crippen molar-refractivity contribution in [3.8, 4) is 0 Å². The van der Waals surface area contributed by atoms with E-state index in [4.69, 9.17) is 16.0 Å². The van der Waals surface area contributed by atoms with E-state index in [1.165, 1.54) is 6.26 Å². The molecule has 0 atom stereocenters. The van der Waals surface area contributed by atoms with Crippen LogP contribution < -0.4 is 10.6 Å². The number of anilines is 3. The molecule has 0 saturated heterocycles. The summed E-state index contributed by atoms with van der Waals surface area (Å²) in [6, 6.07) is 12.5. The predicted molar refractivity (Wildman–Crippen MR) is 90.4 cm³/mol. The minimum absolute atomic E-state index is 0.251. The molecule has 1 amide bonds. The van der Waals surface area contributed by atoms with E-state index in [9.17, 15) is 4.79 Å². The second kappa shape index (κ2) is 6.54. The highest BCUT2D eigenvalue weighted by molar-refractivity contribution is 6.31. The molecule has 0 radical (unpaired) electrons. The molecule has 23 heavy (non-hydrogen) atoms. The van der Waals surface area contributed by atoms with Crippen molar-refractivity contribution in [2.75, 3.05) is 10.6 Å². The zero-order valence-electron chi connectivity index (χ0n) is 12.3. The summed E-state index contributed by atoms with van der Waals surface area (Å²) in [6.45, 7) is 1.95. The van der Waals surface area contributed by atoms with Crippen LogP contribution in [0.25, 0.3) is 0 Å². The average molecular weight is 328 g/mol. The number of furan rings is 1. The molecule has 1 aromatic carbocycles. The normalized spacial score (nSPS) is 10.3. The van der Waals surface area contributed by atoms with E-state index in [0.717, 1.165) is 11.3 Å². The van der Waals surface area contributed by atoms with Crippen LogP contribution in [-0.4, -0.2) is 10.9 Å². The molecule has 2 N–H and O–H groups in total. The van der Waals surface area contributed by atoms with Gasteiger partial charge in [0.1, 0.15) is 5.82 Å². The largest absolute Gasteiger partial charge is 0.459 e. The second-order valence-electron chi connectivity index (χ2n) is 4.95. The van der Waals surface area contributed by atoms with E-state index in [0.29, 0.717) is 16.5 Å². The number of nitrogens with one attached hydrogen (secondary N) is 2. The van der Waals surface area contributed by atoms with Gasteiger partial charge in [-0.2, -0.15) is 0 Å². The molecule has 0 fully saturated rings. The third-order valence-electron chi connectivity index (χ3n) is 3.21. The van der Waals surface area contributed by atoms with E-state index in [-0.39, 0.29) is 11.7 Å². The molecular formula is C17H14ClN3O2. The molecule has 0 aliphatic heterocycles. The number of rotatable bonds is 4. The lowest BCUT2D eigenvalue weighted by molar-refractivity contribution is 0.0996. The van der Waals surface area contributed by atoms with Crippen LogP contribution in [0.3, 0.4) is 0 Å². The van der Waals surface area contributed by atoms with Gasteiger partial charge >= 0.3 is 0 Å². The van der Waals surface area contributed by atoms with Crippen molar-refractivity contribution in [1.82, 2.24) is 4.98 Å². The predicted octanol–water partition coefficient (Wildman–Crippen LogP) is 4.63. The number of halogens is 1. The fraction of sp³-hybridized carbons (Fsp3) is 0.0588. The van der Waals surface area contributed by atoms with Gasteiger partial charge < -0.3 is 15.1 Å². The molecule has 2 aromatic heterocycles. The van der Waals surface area contributed by atoms with Crippen molar-refractivity contribution in [2.45, 2.75) is 6.92 Å². The Morgan fingerprint density at radius 3 is 2.65 bits per heavy atom. The molecule has 5 nitrogen and oxygen atoms in total. The minimum Gasteiger partial charge on any atom is -0.459 e. The van der Waals surface area contributed by atoms with Gasteiger partial charge in [0.05, 0.1) is 18.1 Å². The van der Waals surface area contributed by atoms with Crippen molar-refractivity contribution >= 4 is 34.7 Å². The summed E-state index contributed by atoms with van der Waals surface area (Å²) in [6.07, 6.45) is 3.02. The van der Waals surface area contributed by atoms with E-state index >= 15 is 0 Å². The fourth-order valence-corrected chi connectivity index (χ4v) is 2.14. The van der Waals surface area contributed by atoms with Crippen LogP contribution in [0.2, 0.25) is 5.02 Å². The molecular weight excluding hydrogens is 314 g/mol. The zero-order valence-corrected chi connectivity index (χ0v) is 13.1. The minimum atomic E-state index is -0.317. The van der Waals surface area contributed by atoms with Gasteiger partial charge in [-0.1, -0.05) is 17.7 Å². The van der Waals surface area contributed by atoms with Crippen LogP contribution in [0.1, 0.15) is 16.1 Å². The number of pyridine rings is 1. The average Bonchev–Trinajstić information content (AvgIpc) is 3.07. The Kier molecular flexibility index (Phi) is 4.30. The second-order valence-corrected chi connectivity index (χ2v) is 5.36. The molecule has 3 rings (SSSR count). The quantitative estimate of drug-likeness (QED) is 0.733. The van der Waals surface area contributed by atoms with Crippen molar-refractivity contribution < 1.29 is 9.21 Å². The molecule has 0 unspecified atom stereocenters. The van der Waals surface area contributed by atoms with Gasteiger partial charge in [0.15, 0.2) is 5.76 Å². The lowest BCUT2D eigenvalue weighted by Gasteiger charge is -2.08. The molecule has 116 valence electrons. The fourth-order valence-electron chi connectivity index (χ4n) is 1.96. The maximum absolute atomic E-state index is 11.9. The van der Waals surface area contributed by atoms with Crippen molar-refractivity contribution in [3.63, 3.8) is 0 Å². The van der Waals surface area contributed by atoms with E-state index in [2.05, 4.69) is 15.6 Å². The Bertz CT molecular complexity index is 814. The standard InChI is InChI=1S/C17H14ClN3O2/c1-11-4-5-12(9-14(11)18)20-16-7-6-13(10-19-16)21-17(22)15-3-2-8-23-15/h2-10H,1H3,(H,19,20)(H,21,22). The Morgan fingerprint density at radius 2 is 2.00 bits per heavy atom. The molecule has 0 aliphatic rings. The number of amides is 1. The van der Waals surface area contributed by atoms with E-state index in [1.807, 2.05) is 25.1 Å². The smallest absolute Gasteiger partial charge is 0.291 e. The van der Waals surface area contributed by atoms with Gasteiger partial charge in [-0.3, -0.25) is 4.79 Å². The zero-order chi connectivity index (χ0) is 16.2. The first-order valence-electron chi connectivity index (χ1n) is 6.96. The first-order valence-corrected chi connectivity index (χ1v) is 7.34. The maximum Gasteiger partial charge on any atom is 0.291 e. The summed E-state index contributed by atoms with van der Waals surface area (Å²) in [5, 5.41) is 6.55. The van der Waals surface area contributed by atoms with Gasteiger partial charge in [0.25, 0.3) is 5.91 Å². The number of aromatic nitrogens is 1. The summed E-state index contributed by atoms with van der Waals surface area (Å²) in [4.78, 5) is 16.1. The van der Waals surface area contributed by atoms with Gasteiger partial charge in [-0.05, 0) is 48.9 Å². The molecule has 6 heteroatoms. The third-order valence-corrected chi connectivity index (χ3v) is 3.62. The molecule has 3 aromatic rings. The Morgan fingerprint density at radius 1 is 1.17 bits per heavy atom. The van der Waals surface area contributed by atoms with Crippen LogP contribution in [0.15, 0.2) is 59.3 Å². The number of nitrogens with zero attached hydrogens (tertiary/aromatic N) is 1. The topological polar surface area (TPSA) is 67.2 Å². The lowest BCUT2D eigenvalue weighted by atomic mass is 10.2. The van der Waals surface area contributed by atoms with Crippen LogP contribution in [0, 0.1) is 6.92 Å². The van der Waals surface area contributed by atoms with Gasteiger partial charge in [-0.15, -0.1) is 0 Å². The first kappa shape index (κ1) is 15.1. The SMILES string of the molecule is Cc1ccc(Nc2ccc(NC(=O)c3ccco3)cn2)cc1Cl. The summed E-state index contributed by atoms with van der Waals surface area (Å²) in [7, 11) is 0. The monoisotopic (exact) mass is 327 g/mol. The first-order chi connectivity index (χ1) is 11.1. The van der Waals surface area contributed by atoms with Crippen LogP contribution in [-0.2, 0) is 0 Å². The molecule has 0 aliphatic carbocycles. The summed E-state index contributed by atoms with van der Waals surface area (Å²) >= 11 is 6.09. The Labute approximate surface area is 138 Å². The van der Waals surface area contributed by atoms with Gasteiger partial charge in [0.2, 0.25) is 0 Å². The van der Waals surface area contributed by atoms with Gasteiger partial charge in [-0.25, -0.2) is 4.98 Å². The van der Waals surface area contributed by atoms with E-state index < -0.39 is 0 Å². The Hall–Kier alpha value is -2.79. The molecule has 2 heterocycles. The molecule has 0 saturated carbocycles. The highest BCUT2D eigenvalue weighted by Gasteiger charge is 2.08. The number of carbonyl (C=O) groups excluding carboxylic acids is 1. The van der Waals surface area contributed by atoms with Crippen molar-refractivity contribution in [1.29, 1.82) is 0 Å². The summed E-state index contributed by atoms with van der Waals surface area (Å²) in [5.74, 6) is 0.588. The molecule has 0 spiro atoms. The maximum atomic E-state index is 11.9. The number of hydrogen-bond acceptors (Lipinski definition) is 4. The number of hydrogen-bond donors (Lipinski definition) is 2. The van der Waals surface area contributed by atoms with E-state index in [1.54, 1.807) is 30.5 Å². The summed E-state index contributed by atoms with van der Waals surface area (Å²) < 4.78 is 5.03. The van der Waals surface area contributed by atoms with Crippen molar-refractivity contribution in [2.24, 2.45) is 0 Å². The lowest BCUT2D eigenvalue weighted by Crippen LogP contribution is -2.11. The highest BCUT2D eigenvalue weighted by Crippen LogP contribution is 2.22. The molecule has 0 bridgehead atoms. The van der Waals surface area contributed by atoms with Crippen LogP contribution in [0.4, 0.5) is 17.2 Å². The van der Waals surface area contributed by atoms with Crippen molar-refractivity contribution in [3.05, 3.63) is 71.3 Å². The number of carbonyl (C=O) groups is 1. The van der Waals surface area contributed by atoms with Crippen LogP contribution in [0.5, 0.6) is 0 Å². The summed E-state index contributed by atoms with van der Waals surface area (Å²) in [5.41, 5.74) is 2.44. The van der Waals surface area contributed by atoms with Crippen LogP contribution >= 0.6 is 11.6 Å². The Balaban J connectivity index is 1.67. The van der Waals surface area contributed by atoms with Gasteiger partial charge in [0, 0.05) is 10.7 Å². The third kappa shape index (κ3) is 3.70. The highest BCUT2D eigenvalue weighted by atomic mass is 35.5. The number of aryl methyl sites for hydroxylation is 1.